The van der Waals surface area contributed by atoms with Crippen LogP contribution in [0.2, 0.25) is 0 Å². The molecule has 1 heterocycles. The smallest absolute Gasteiger partial charge is 0.261 e. The molecule has 0 fully saturated rings. The van der Waals surface area contributed by atoms with Gasteiger partial charge in [-0.05, 0) is 30.3 Å². The summed E-state index contributed by atoms with van der Waals surface area (Å²) in [5.41, 5.74) is 7.32. The number of carbonyl (C=O) groups excluding carboxylic acids is 1. The number of hydrogen-bond donors (Lipinski definition) is 2. The molecule has 17 heavy (non-hydrogen) atoms. The second-order valence-electron chi connectivity index (χ2n) is 5.46. The van der Waals surface area contributed by atoms with Gasteiger partial charge in [0.2, 0.25) is 0 Å². The number of nitrogens with one attached hydrogen (secondary N) is 2. The molecule has 0 spiro atoms. The third-order valence-electron chi connectivity index (χ3n) is 3.51. The lowest BCUT2D eigenvalue weighted by molar-refractivity contribution is -0.118. The van der Waals surface area contributed by atoms with Crippen LogP contribution in [0.4, 0.5) is 0 Å². The molecule has 1 aliphatic carbocycles. The Bertz CT molecular complexity index is 383. The lowest BCUT2D eigenvalue weighted by atomic mass is 9.76. The average molecular weight is 236 g/mol. The third kappa shape index (κ3) is 2.69. The SMILES string of the molecule is COC1=CC(=O)NNC1C1=CCC(C)(C)CC1. The molecule has 2 rings (SSSR count). The highest BCUT2D eigenvalue weighted by molar-refractivity contribution is 5.88. The second kappa shape index (κ2) is 4.53. The maximum atomic E-state index is 11.2. The zero-order valence-electron chi connectivity index (χ0n) is 10.7. The molecule has 1 aliphatic heterocycles. The van der Waals surface area contributed by atoms with Gasteiger partial charge in [0.1, 0.15) is 11.8 Å². The Balaban J connectivity index is 2.15. The van der Waals surface area contributed by atoms with Crippen LogP contribution in [0.3, 0.4) is 0 Å². The van der Waals surface area contributed by atoms with Crippen molar-refractivity contribution in [3.05, 3.63) is 23.5 Å². The number of ether oxygens (including phenoxy) is 1. The molecule has 0 radical (unpaired) electrons. The van der Waals surface area contributed by atoms with Crippen LogP contribution in [0.1, 0.15) is 33.1 Å². The van der Waals surface area contributed by atoms with E-state index in [0.29, 0.717) is 11.2 Å². The van der Waals surface area contributed by atoms with Crippen LogP contribution in [-0.4, -0.2) is 19.1 Å². The summed E-state index contributed by atoms with van der Waals surface area (Å²) in [7, 11) is 1.60. The zero-order valence-corrected chi connectivity index (χ0v) is 10.7. The van der Waals surface area contributed by atoms with Gasteiger partial charge in [-0.15, -0.1) is 0 Å². The molecule has 0 saturated heterocycles. The van der Waals surface area contributed by atoms with Crippen molar-refractivity contribution in [3.63, 3.8) is 0 Å². The van der Waals surface area contributed by atoms with Crippen LogP contribution in [0.25, 0.3) is 0 Å². The van der Waals surface area contributed by atoms with Gasteiger partial charge in [-0.1, -0.05) is 19.9 Å². The molecule has 0 bridgehead atoms. The molecule has 1 amide bonds. The number of hydrogen-bond acceptors (Lipinski definition) is 3. The maximum absolute atomic E-state index is 11.2. The minimum Gasteiger partial charge on any atom is -0.499 e. The van der Waals surface area contributed by atoms with Crippen LogP contribution in [-0.2, 0) is 9.53 Å². The van der Waals surface area contributed by atoms with Crippen LogP contribution >= 0.6 is 0 Å². The molecule has 0 saturated carbocycles. The number of carbonyl (C=O) groups is 1. The highest BCUT2D eigenvalue weighted by Crippen LogP contribution is 2.36. The molecule has 2 N–H and O–H groups in total. The van der Waals surface area contributed by atoms with Crippen molar-refractivity contribution in [2.45, 2.75) is 39.2 Å². The van der Waals surface area contributed by atoms with Crippen LogP contribution in [0, 0.1) is 5.41 Å². The fourth-order valence-electron chi connectivity index (χ4n) is 2.27. The number of methoxy groups -OCH3 is 1. The Hall–Kier alpha value is -1.29. The van der Waals surface area contributed by atoms with Crippen molar-refractivity contribution in [2.75, 3.05) is 7.11 Å². The molecule has 0 aromatic rings. The third-order valence-corrected chi connectivity index (χ3v) is 3.51. The highest BCUT2D eigenvalue weighted by atomic mass is 16.5. The van der Waals surface area contributed by atoms with E-state index in [1.165, 1.54) is 18.1 Å². The Morgan fingerprint density at radius 1 is 1.47 bits per heavy atom. The van der Waals surface area contributed by atoms with Crippen LogP contribution < -0.4 is 10.9 Å². The molecular formula is C13H20N2O2. The van der Waals surface area contributed by atoms with Gasteiger partial charge in [0.15, 0.2) is 0 Å². The summed E-state index contributed by atoms with van der Waals surface area (Å²) in [5, 5.41) is 0. The predicted octanol–water partition coefficient (Wildman–Crippen LogP) is 1.66. The largest absolute Gasteiger partial charge is 0.499 e. The van der Waals surface area contributed by atoms with E-state index in [2.05, 4.69) is 30.8 Å². The number of allylic oxidation sites excluding steroid dienone is 1. The standard InChI is InChI=1S/C13H20N2O2/c1-13(2)6-4-9(5-7-13)12-10(17-3)8-11(16)14-15-12/h4,8,12,15H,5-7H2,1-3H3,(H,14,16). The molecule has 1 unspecified atom stereocenters. The van der Waals surface area contributed by atoms with E-state index in [0.717, 1.165) is 12.8 Å². The van der Waals surface area contributed by atoms with Crippen LogP contribution in [0.15, 0.2) is 23.5 Å². The van der Waals surface area contributed by atoms with Gasteiger partial charge in [-0.2, -0.15) is 0 Å². The number of amides is 1. The van der Waals surface area contributed by atoms with E-state index in [1.54, 1.807) is 7.11 Å². The summed E-state index contributed by atoms with van der Waals surface area (Å²) in [5.74, 6) is 0.537. The Labute approximate surface area is 102 Å². The topological polar surface area (TPSA) is 50.4 Å². The number of rotatable bonds is 2. The minimum absolute atomic E-state index is 0.00574. The monoisotopic (exact) mass is 236 g/mol. The van der Waals surface area contributed by atoms with E-state index in [4.69, 9.17) is 4.74 Å². The van der Waals surface area contributed by atoms with Gasteiger partial charge in [-0.25, -0.2) is 5.43 Å². The average Bonchev–Trinajstić information content (AvgIpc) is 2.29. The van der Waals surface area contributed by atoms with Gasteiger partial charge in [-0.3, -0.25) is 10.2 Å². The van der Waals surface area contributed by atoms with Crippen molar-refractivity contribution < 1.29 is 9.53 Å². The summed E-state index contributed by atoms with van der Waals surface area (Å²) < 4.78 is 5.28. The van der Waals surface area contributed by atoms with E-state index in [-0.39, 0.29) is 11.9 Å². The summed E-state index contributed by atoms with van der Waals surface area (Å²) in [6.45, 7) is 4.56. The molecule has 1 atom stereocenters. The Morgan fingerprint density at radius 3 is 2.82 bits per heavy atom. The molecule has 4 heteroatoms. The fraction of sp³-hybridized carbons (Fsp3) is 0.615. The molecular weight excluding hydrogens is 216 g/mol. The second-order valence-corrected chi connectivity index (χ2v) is 5.46. The fourth-order valence-corrected chi connectivity index (χ4v) is 2.27. The first-order valence-corrected chi connectivity index (χ1v) is 6.02. The summed E-state index contributed by atoms with van der Waals surface area (Å²) in [4.78, 5) is 11.2. The van der Waals surface area contributed by atoms with Gasteiger partial charge in [0.25, 0.3) is 5.91 Å². The van der Waals surface area contributed by atoms with Crippen molar-refractivity contribution >= 4 is 5.91 Å². The zero-order chi connectivity index (χ0) is 12.5. The van der Waals surface area contributed by atoms with E-state index in [1.807, 2.05) is 0 Å². The molecule has 4 nitrogen and oxygen atoms in total. The lowest BCUT2D eigenvalue weighted by Gasteiger charge is -2.33. The summed E-state index contributed by atoms with van der Waals surface area (Å²) in [6.07, 6.45) is 7.07. The minimum atomic E-state index is -0.158. The maximum Gasteiger partial charge on any atom is 0.261 e. The Morgan fingerprint density at radius 2 is 2.24 bits per heavy atom. The van der Waals surface area contributed by atoms with Gasteiger partial charge >= 0.3 is 0 Å². The van der Waals surface area contributed by atoms with Crippen molar-refractivity contribution in [3.8, 4) is 0 Å². The normalized spacial score (nSPS) is 27.9. The highest BCUT2D eigenvalue weighted by Gasteiger charge is 2.29. The van der Waals surface area contributed by atoms with Crippen molar-refractivity contribution in [1.82, 2.24) is 10.9 Å². The van der Waals surface area contributed by atoms with Crippen molar-refractivity contribution in [2.24, 2.45) is 5.41 Å². The molecule has 2 aliphatic rings. The quantitative estimate of drug-likeness (QED) is 0.717. The number of hydrazine groups is 1. The molecule has 0 aromatic heterocycles. The van der Waals surface area contributed by atoms with Gasteiger partial charge in [0, 0.05) is 6.08 Å². The lowest BCUT2D eigenvalue weighted by Crippen LogP contribution is -2.50. The van der Waals surface area contributed by atoms with Gasteiger partial charge in [0.05, 0.1) is 7.11 Å². The van der Waals surface area contributed by atoms with E-state index < -0.39 is 0 Å². The molecule has 94 valence electrons. The first-order valence-electron chi connectivity index (χ1n) is 6.02. The van der Waals surface area contributed by atoms with Crippen LogP contribution in [0.5, 0.6) is 0 Å². The summed E-state index contributed by atoms with van der Waals surface area (Å²) >= 11 is 0. The molecule has 0 aromatic carbocycles. The first-order chi connectivity index (χ1) is 8.02. The predicted molar refractivity (Wildman–Crippen MR) is 65.9 cm³/mol. The first kappa shape index (κ1) is 12.2. The van der Waals surface area contributed by atoms with E-state index >= 15 is 0 Å². The summed E-state index contributed by atoms with van der Waals surface area (Å²) in [6, 6.07) is -0.00574. The Kier molecular flexibility index (Phi) is 3.24. The van der Waals surface area contributed by atoms with E-state index in [9.17, 15) is 4.79 Å². The van der Waals surface area contributed by atoms with Gasteiger partial charge < -0.3 is 4.74 Å². The van der Waals surface area contributed by atoms with Crippen molar-refractivity contribution in [1.29, 1.82) is 0 Å².